The number of pyridine rings is 1. The molecule has 0 spiro atoms. The number of halogens is 1. The predicted octanol–water partition coefficient (Wildman–Crippen LogP) is 4.38. The molecule has 1 saturated heterocycles. The number of nitrogens with zero attached hydrogens (tertiary/aromatic N) is 3. The van der Waals surface area contributed by atoms with E-state index in [1.165, 1.54) is 6.20 Å². The van der Waals surface area contributed by atoms with Crippen molar-refractivity contribution in [3.63, 3.8) is 0 Å². The SMILES string of the molecule is CN1CCN(c2ccc(NC(=O)c3cccc(NC(=O)Nc4ccc(Cl)cn4)c3)cc2)CC1. The molecule has 8 nitrogen and oxygen atoms in total. The second-order valence-corrected chi connectivity index (χ2v) is 8.25. The van der Waals surface area contributed by atoms with Crippen LogP contribution in [0.1, 0.15) is 10.4 Å². The summed E-state index contributed by atoms with van der Waals surface area (Å²) in [6.07, 6.45) is 1.44. The van der Waals surface area contributed by atoms with Crippen molar-refractivity contribution in [1.82, 2.24) is 9.88 Å². The topological polar surface area (TPSA) is 89.6 Å². The van der Waals surface area contributed by atoms with Gasteiger partial charge in [0.05, 0.1) is 5.02 Å². The maximum Gasteiger partial charge on any atom is 0.324 e. The highest BCUT2D eigenvalue weighted by Crippen LogP contribution is 2.20. The molecule has 0 unspecified atom stereocenters. The summed E-state index contributed by atoms with van der Waals surface area (Å²) >= 11 is 5.80. The summed E-state index contributed by atoms with van der Waals surface area (Å²) < 4.78 is 0. The van der Waals surface area contributed by atoms with Gasteiger partial charge in [-0.3, -0.25) is 10.1 Å². The van der Waals surface area contributed by atoms with Gasteiger partial charge in [0.2, 0.25) is 0 Å². The van der Waals surface area contributed by atoms with Crippen LogP contribution in [0.25, 0.3) is 0 Å². The van der Waals surface area contributed by atoms with Gasteiger partial charge in [-0.05, 0) is 61.6 Å². The van der Waals surface area contributed by atoms with E-state index < -0.39 is 6.03 Å². The van der Waals surface area contributed by atoms with Crippen LogP contribution in [-0.2, 0) is 0 Å². The Hall–Kier alpha value is -3.62. The van der Waals surface area contributed by atoms with Crippen LogP contribution in [0.3, 0.4) is 0 Å². The van der Waals surface area contributed by atoms with Crippen molar-refractivity contribution in [2.24, 2.45) is 0 Å². The van der Waals surface area contributed by atoms with Gasteiger partial charge in [-0.1, -0.05) is 17.7 Å². The Morgan fingerprint density at radius 2 is 1.64 bits per heavy atom. The lowest BCUT2D eigenvalue weighted by molar-refractivity contribution is 0.102. The van der Waals surface area contributed by atoms with Crippen LogP contribution in [0.4, 0.5) is 27.7 Å². The number of hydrogen-bond donors (Lipinski definition) is 3. The third-order valence-electron chi connectivity index (χ3n) is 5.35. The van der Waals surface area contributed by atoms with Gasteiger partial charge in [-0.25, -0.2) is 9.78 Å². The van der Waals surface area contributed by atoms with Crippen molar-refractivity contribution in [2.75, 3.05) is 54.1 Å². The molecule has 4 rings (SSSR count). The Balaban J connectivity index is 1.34. The highest BCUT2D eigenvalue weighted by Gasteiger charge is 2.14. The van der Waals surface area contributed by atoms with Gasteiger partial charge in [-0.2, -0.15) is 0 Å². The van der Waals surface area contributed by atoms with Gasteiger partial charge < -0.3 is 20.4 Å². The smallest absolute Gasteiger partial charge is 0.324 e. The molecule has 0 atom stereocenters. The zero-order valence-corrected chi connectivity index (χ0v) is 19.0. The summed E-state index contributed by atoms with van der Waals surface area (Å²) in [6, 6.07) is 17.3. The summed E-state index contributed by atoms with van der Waals surface area (Å²) in [5, 5.41) is 8.70. The van der Waals surface area contributed by atoms with Crippen LogP contribution in [0.15, 0.2) is 66.9 Å². The Labute approximate surface area is 197 Å². The highest BCUT2D eigenvalue weighted by molar-refractivity contribution is 6.30. The molecule has 0 radical (unpaired) electrons. The van der Waals surface area contributed by atoms with E-state index in [9.17, 15) is 9.59 Å². The molecule has 1 aromatic heterocycles. The number of hydrogen-bond acceptors (Lipinski definition) is 5. The Kier molecular flexibility index (Phi) is 7.07. The molecular formula is C24H25ClN6O2. The number of carbonyl (C=O) groups is 2. The van der Waals surface area contributed by atoms with E-state index in [4.69, 9.17) is 11.6 Å². The first kappa shape index (κ1) is 22.6. The maximum atomic E-state index is 12.7. The molecule has 9 heteroatoms. The summed E-state index contributed by atoms with van der Waals surface area (Å²) in [5.74, 6) is 0.108. The van der Waals surface area contributed by atoms with Crippen LogP contribution < -0.4 is 20.9 Å². The molecule has 33 heavy (non-hydrogen) atoms. The summed E-state index contributed by atoms with van der Waals surface area (Å²) in [5.41, 5.74) is 2.77. The number of piperazine rings is 1. The van der Waals surface area contributed by atoms with Gasteiger partial charge in [-0.15, -0.1) is 0 Å². The lowest BCUT2D eigenvalue weighted by Crippen LogP contribution is -2.44. The fourth-order valence-corrected chi connectivity index (χ4v) is 3.60. The lowest BCUT2D eigenvalue weighted by Gasteiger charge is -2.34. The molecule has 2 heterocycles. The highest BCUT2D eigenvalue weighted by atomic mass is 35.5. The number of anilines is 4. The van der Waals surface area contributed by atoms with Gasteiger partial charge >= 0.3 is 6.03 Å². The zero-order chi connectivity index (χ0) is 23.2. The lowest BCUT2D eigenvalue weighted by atomic mass is 10.1. The molecule has 3 aromatic rings. The first-order valence-corrected chi connectivity index (χ1v) is 11.0. The standard InChI is InChI=1S/C24H25ClN6O2/c1-30-11-13-31(14-12-30)21-8-6-19(7-9-21)27-23(32)17-3-2-4-20(15-17)28-24(33)29-22-10-5-18(25)16-26-22/h2-10,15-16H,11-14H2,1H3,(H,27,32)(H2,26,28,29,33). The molecule has 0 saturated carbocycles. The molecule has 0 bridgehead atoms. The summed E-state index contributed by atoms with van der Waals surface area (Å²) in [7, 11) is 2.13. The number of rotatable bonds is 5. The van der Waals surface area contributed by atoms with E-state index in [0.29, 0.717) is 27.8 Å². The number of urea groups is 1. The van der Waals surface area contributed by atoms with E-state index in [1.807, 2.05) is 24.3 Å². The summed E-state index contributed by atoms with van der Waals surface area (Å²) in [6.45, 7) is 4.06. The van der Waals surface area contributed by atoms with E-state index in [1.54, 1.807) is 36.4 Å². The Morgan fingerprint density at radius 3 is 2.33 bits per heavy atom. The third kappa shape index (κ3) is 6.21. The second-order valence-electron chi connectivity index (χ2n) is 7.81. The zero-order valence-electron chi connectivity index (χ0n) is 18.2. The number of aromatic nitrogens is 1. The molecule has 2 aromatic carbocycles. The van der Waals surface area contributed by atoms with Crippen LogP contribution in [0.2, 0.25) is 5.02 Å². The first-order chi connectivity index (χ1) is 16.0. The quantitative estimate of drug-likeness (QED) is 0.521. The maximum absolute atomic E-state index is 12.7. The number of nitrogens with one attached hydrogen (secondary N) is 3. The van der Waals surface area contributed by atoms with Crippen LogP contribution in [0, 0.1) is 0 Å². The van der Waals surface area contributed by atoms with Crippen molar-refractivity contribution in [3.8, 4) is 0 Å². The molecule has 3 N–H and O–H groups in total. The fourth-order valence-electron chi connectivity index (χ4n) is 3.49. The molecule has 3 amide bonds. The minimum Gasteiger partial charge on any atom is -0.369 e. The first-order valence-electron chi connectivity index (χ1n) is 10.6. The monoisotopic (exact) mass is 464 g/mol. The molecule has 170 valence electrons. The van der Waals surface area contributed by atoms with Crippen molar-refractivity contribution in [3.05, 3.63) is 77.4 Å². The molecule has 0 aliphatic carbocycles. The molecule has 1 fully saturated rings. The number of amides is 3. The van der Waals surface area contributed by atoms with Crippen molar-refractivity contribution in [2.45, 2.75) is 0 Å². The average Bonchev–Trinajstić information content (AvgIpc) is 2.82. The molecule has 1 aliphatic rings. The fraction of sp³-hybridized carbons (Fsp3) is 0.208. The van der Waals surface area contributed by atoms with E-state index in [0.717, 1.165) is 31.9 Å². The normalized spacial score (nSPS) is 13.9. The largest absolute Gasteiger partial charge is 0.369 e. The number of likely N-dealkylation sites (N-methyl/N-ethyl adjacent to an activating group) is 1. The van der Waals surface area contributed by atoms with Gasteiger partial charge in [0.1, 0.15) is 5.82 Å². The van der Waals surface area contributed by atoms with Crippen LogP contribution >= 0.6 is 11.6 Å². The third-order valence-corrected chi connectivity index (χ3v) is 5.57. The van der Waals surface area contributed by atoms with Crippen LogP contribution in [-0.4, -0.2) is 55.0 Å². The minimum atomic E-state index is -0.470. The Bertz CT molecular complexity index is 1110. The number of carbonyl (C=O) groups excluding carboxylic acids is 2. The minimum absolute atomic E-state index is 0.259. The Morgan fingerprint density at radius 1 is 0.879 bits per heavy atom. The van der Waals surface area contributed by atoms with Crippen molar-refractivity contribution < 1.29 is 9.59 Å². The van der Waals surface area contributed by atoms with E-state index >= 15 is 0 Å². The van der Waals surface area contributed by atoms with Crippen LogP contribution in [0.5, 0.6) is 0 Å². The van der Waals surface area contributed by atoms with Crippen molar-refractivity contribution >= 4 is 46.4 Å². The predicted molar refractivity (Wildman–Crippen MR) is 132 cm³/mol. The van der Waals surface area contributed by atoms with E-state index in [-0.39, 0.29) is 5.91 Å². The molecular weight excluding hydrogens is 440 g/mol. The van der Waals surface area contributed by atoms with Crippen molar-refractivity contribution in [1.29, 1.82) is 0 Å². The van der Waals surface area contributed by atoms with Gasteiger partial charge in [0, 0.05) is 55.0 Å². The van der Waals surface area contributed by atoms with E-state index in [2.05, 4.69) is 37.8 Å². The molecule has 1 aliphatic heterocycles. The number of benzene rings is 2. The van der Waals surface area contributed by atoms with Gasteiger partial charge in [0.25, 0.3) is 5.91 Å². The van der Waals surface area contributed by atoms with Gasteiger partial charge in [0.15, 0.2) is 0 Å². The average molecular weight is 465 g/mol. The summed E-state index contributed by atoms with van der Waals surface area (Å²) in [4.78, 5) is 33.6. The second kappa shape index (κ2) is 10.3.